The number of aromatic hydroxyl groups is 2. The Balaban J connectivity index is 1.76. The molecule has 124 valence electrons. The topological polar surface area (TPSA) is 46.9 Å². The number of phenols is 2. The van der Waals surface area contributed by atoms with Crippen molar-refractivity contribution in [2.75, 3.05) is 33.2 Å². The summed E-state index contributed by atoms with van der Waals surface area (Å²) in [5.74, 6) is 1.43. The maximum Gasteiger partial charge on any atom is 0.157 e. The monoisotopic (exact) mass is 306 g/mol. The Hall–Kier alpha value is -1.26. The Labute approximate surface area is 134 Å². The molecule has 0 unspecified atom stereocenters. The van der Waals surface area contributed by atoms with Gasteiger partial charge < -0.3 is 20.0 Å². The second kappa shape index (κ2) is 7.84. The highest BCUT2D eigenvalue weighted by Crippen LogP contribution is 2.26. The van der Waals surface area contributed by atoms with E-state index in [9.17, 15) is 10.2 Å². The molecule has 2 rings (SSSR count). The Morgan fingerprint density at radius 2 is 1.86 bits per heavy atom. The molecule has 0 atom stereocenters. The number of nitrogens with zero attached hydrogens (tertiary/aromatic N) is 2. The van der Waals surface area contributed by atoms with Gasteiger partial charge in [0.1, 0.15) is 0 Å². The van der Waals surface area contributed by atoms with E-state index in [1.165, 1.54) is 32.5 Å². The van der Waals surface area contributed by atoms with Crippen LogP contribution in [0.25, 0.3) is 0 Å². The van der Waals surface area contributed by atoms with Gasteiger partial charge in [-0.15, -0.1) is 0 Å². The van der Waals surface area contributed by atoms with E-state index in [2.05, 4.69) is 30.7 Å². The third-order valence-corrected chi connectivity index (χ3v) is 4.39. The highest BCUT2D eigenvalue weighted by molar-refractivity contribution is 5.40. The maximum absolute atomic E-state index is 9.56. The lowest BCUT2D eigenvalue weighted by atomic mass is 9.95. The number of phenolic OH excluding ortho intramolecular Hbond substituents is 2. The smallest absolute Gasteiger partial charge is 0.157 e. The molecule has 1 aliphatic rings. The third-order valence-electron chi connectivity index (χ3n) is 4.39. The van der Waals surface area contributed by atoms with Gasteiger partial charge in [-0.3, -0.25) is 0 Å². The fraction of sp³-hybridized carbons (Fsp3) is 0.667. The highest BCUT2D eigenvalue weighted by Gasteiger charge is 2.20. The zero-order valence-corrected chi connectivity index (χ0v) is 14.1. The molecule has 1 aromatic rings. The first-order valence-electron chi connectivity index (χ1n) is 8.35. The van der Waals surface area contributed by atoms with E-state index in [1.807, 2.05) is 6.07 Å². The number of hydrogen-bond donors (Lipinski definition) is 2. The van der Waals surface area contributed by atoms with Gasteiger partial charge in [-0.05, 0) is 62.5 Å². The van der Waals surface area contributed by atoms with Crippen molar-refractivity contribution in [3.63, 3.8) is 0 Å². The zero-order valence-electron chi connectivity index (χ0n) is 14.1. The van der Waals surface area contributed by atoms with Crippen LogP contribution >= 0.6 is 0 Å². The standard InChI is InChI=1S/C18H30N2O2/c1-14(2)11-20-8-6-15(7-9-20)12-19(3)13-16-4-5-17(21)18(22)10-16/h4-5,10,14-15,21-22H,6-9,11-13H2,1-3H3. The first kappa shape index (κ1) is 17.1. The van der Waals surface area contributed by atoms with Crippen molar-refractivity contribution in [2.45, 2.75) is 33.2 Å². The normalized spacial score (nSPS) is 17.5. The molecule has 0 saturated carbocycles. The molecule has 0 aliphatic carbocycles. The molecule has 0 aromatic heterocycles. The van der Waals surface area contributed by atoms with Crippen LogP contribution in [0.1, 0.15) is 32.3 Å². The van der Waals surface area contributed by atoms with E-state index in [-0.39, 0.29) is 11.5 Å². The summed E-state index contributed by atoms with van der Waals surface area (Å²) in [5.41, 5.74) is 1.04. The summed E-state index contributed by atoms with van der Waals surface area (Å²) < 4.78 is 0. The molecule has 0 radical (unpaired) electrons. The van der Waals surface area contributed by atoms with Gasteiger partial charge in [0.05, 0.1) is 0 Å². The van der Waals surface area contributed by atoms with E-state index in [1.54, 1.807) is 12.1 Å². The third kappa shape index (κ3) is 5.18. The highest BCUT2D eigenvalue weighted by atomic mass is 16.3. The van der Waals surface area contributed by atoms with Crippen LogP contribution in [0.4, 0.5) is 0 Å². The molecule has 0 bridgehead atoms. The van der Waals surface area contributed by atoms with Gasteiger partial charge in [0.15, 0.2) is 11.5 Å². The number of rotatable bonds is 6. The summed E-state index contributed by atoms with van der Waals surface area (Å²) in [4.78, 5) is 4.90. The summed E-state index contributed by atoms with van der Waals surface area (Å²) in [6.45, 7) is 10.1. The molecule has 0 spiro atoms. The van der Waals surface area contributed by atoms with Crippen molar-refractivity contribution >= 4 is 0 Å². The maximum atomic E-state index is 9.56. The van der Waals surface area contributed by atoms with Gasteiger partial charge in [-0.25, -0.2) is 0 Å². The molecule has 4 heteroatoms. The summed E-state index contributed by atoms with van der Waals surface area (Å²) in [6.07, 6.45) is 2.55. The van der Waals surface area contributed by atoms with E-state index in [4.69, 9.17) is 0 Å². The predicted octanol–water partition coefficient (Wildman–Crippen LogP) is 2.90. The van der Waals surface area contributed by atoms with Gasteiger partial charge in [-0.1, -0.05) is 19.9 Å². The van der Waals surface area contributed by atoms with Crippen LogP contribution in [0.3, 0.4) is 0 Å². The Morgan fingerprint density at radius 1 is 1.18 bits per heavy atom. The SMILES string of the molecule is CC(C)CN1CCC(CN(C)Cc2ccc(O)c(O)c2)CC1. The van der Waals surface area contributed by atoms with Crippen LogP contribution in [-0.4, -0.2) is 53.2 Å². The Morgan fingerprint density at radius 3 is 2.45 bits per heavy atom. The summed E-state index contributed by atoms with van der Waals surface area (Å²) >= 11 is 0. The van der Waals surface area contributed by atoms with Crippen molar-refractivity contribution in [1.82, 2.24) is 9.80 Å². The fourth-order valence-corrected chi connectivity index (χ4v) is 3.35. The molecular weight excluding hydrogens is 276 g/mol. The average molecular weight is 306 g/mol. The van der Waals surface area contributed by atoms with Crippen LogP contribution < -0.4 is 0 Å². The van der Waals surface area contributed by atoms with Crippen LogP contribution in [0.15, 0.2) is 18.2 Å². The molecule has 0 amide bonds. The molecular formula is C18H30N2O2. The van der Waals surface area contributed by atoms with Crippen LogP contribution in [0, 0.1) is 11.8 Å². The van der Waals surface area contributed by atoms with Gasteiger partial charge in [0.2, 0.25) is 0 Å². The predicted molar refractivity (Wildman–Crippen MR) is 90.1 cm³/mol. The van der Waals surface area contributed by atoms with Crippen LogP contribution in [0.2, 0.25) is 0 Å². The van der Waals surface area contributed by atoms with Crippen molar-refractivity contribution in [3.8, 4) is 11.5 Å². The quantitative estimate of drug-likeness (QED) is 0.793. The number of benzene rings is 1. The Bertz CT molecular complexity index is 468. The van der Waals surface area contributed by atoms with Crippen molar-refractivity contribution < 1.29 is 10.2 Å². The van der Waals surface area contributed by atoms with E-state index < -0.39 is 0 Å². The van der Waals surface area contributed by atoms with Gasteiger partial charge >= 0.3 is 0 Å². The largest absolute Gasteiger partial charge is 0.504 e. The molecule has 1 heterocycles. The summed E-state index contributed by atoms with van der Waals surface area (Å²) in [6, 6.07) is 5.08. The molecule has 1 saturated heterocycles. The molecule has 22 heavy (non-hydrogen) atoms. The lowest BCUT2D eigenvalue weighted by Gasteiger charge is -2.34. The number of hydrogen-bond acceptors (Lipinski definition) is 4. The number of likely N-dealkylation sites (tertiary alicyclic amines) is 1. The lowest BCUT2D eigenvalue weighted by molar-refractivity contribution is 0.141. The van der Waals surface area contributed by atoms with E-state index >= 15 is 0 Å². The molecule has 1 aliphatic heterocycles. The Kier molecular flexibility index (Phi) is 6.09. The van der Waals surface area contributed by atoms with Gasteiger partial charge in [-0.2, -0.15) is 0 Å². The molecule has 2 N–H and O–H groups in total. The van der Waals surface area contributed by atoms with Crippen molar-refractivity contribution in [2.24, 2.45) is 11.8 Å². The van der Waals surface area contributed by atoms with E-state index in [0.717, 1.165) is 30.5 Å². The lowest BCUT2D eigenvalue weighted by Crippen LogP contribution is -2.39. The summed E-state index contributed by atoms with van der Waals surface area (Å²) in [7, 11) is 2.13. The fourth-order valence-electron chi connectivity index (χ4n) is 3.35. The van der Waals surface area contributed by atoms with Gasteiger partial charge in [0.25, 0.3) is 0 Å². The van der Waals surface area contributed by atoms with Crippen molar-refractivity contribution in [3.05, 3.63) is 23.8 Å². The first-order valence-corrected chi connectivity index (χ1v) is 8.35. The minimum atomic E-state index is -0.0519. The zero-order chi connectivity index (χ0) is 16.1. The molecule has 1 fully saturated rings. The summed E-state index contributed by atoms with van der Waals surface area (Å²) in [5, 5.41) is 18.9. The minimum Gasteiger partial charge on any atom is -0.504 e. The minimum absolute atomic E-state index is 0.0344. The second-order valence-corrected chi connectivity index (χ2v) is 7.16. The molecule has 4 nitrogen and oxygen atoms in total. The number of piperidine rings is 1. The average Bonchev–Trinajstić information content (AvgIpc) is 2.44. The second-order valence-electron chi connectivity index (χ2n) is 7.16. The molecule has 1 aromatic carbocycles. The van der Waals surface area contributed by atoms with Gasteiger partial charge in [0, 0.05) is 19.6 Å². The van der Waals surface area contributed by atoms with E-state index in [0.29, 0.717) is 0 Å². The van der Waals surface area contributed by atoms with Crippen molar-refractivity contribution in [1.29, 1.82) is 0 Å². The van der Waals surface area contributed by atoms with Crippen LogP contribution in [-0.2, 0) is 6.54 Å². The van der Waals surface area contributed by atoms with Crippen LogP contribution in [0.5, 0.6) is 11.5 Å². The first-order chi connectivity index (χ1) is 10.4.